The standard InChI is InChI=1S/C19H20N6O2/c1-3-24-10-15(9-21-24)17-16(13(2)23-19-20-12-22-25(17)19)18(26)27-11-14-7-5-4-6-8-14/h4-10,12,17H,3,11H2,1-2H3,(H,20,22,23). The molecule has 1 unspecified atom stereocenters. The molecule has 0 amide bonds. The van der Waals surface area contributed by atoms with Gasteiger partial charge in [0, 0.05) is 24.0 Å². The molecule has 1 aliphatic heterocycles. The number of nitrogens with zero attached hydrogens (tertiary/aromatic N) is 5. The maximum atomic E-state index is 13.0. The third-order valence-corrected chi connectivity index (χ3v) is 4.52. The maximum Gasteiger partial charge on any atom is 0.338 e. The summed E-state index contributed by atoms with van der Waals surface area (Å²) in [4.78, 5) is 17.2. The number of carbonyl (C=O) groups excluding carboxylic acids is 1. The lowest BCUT2D eigenvalue weighted by atomic mass is 9.98. The molecule has 4 rings (SSSR count). The minimum atomic E-state index is -0.438. The van der Waals surface area contributed by atoms with E-state index in [4.69, 9.17) is 4.74 Å². The quantitative estimate of drug-likeness (QED) is 0.700. The minimum absolute atomic E-state index is 0.210. The highest BCUT2D eigenvalue weighted by Crippen LogP contribution is 2.35. The number of aromatic nitrogens is 5. The van der Waals surface area contributed by atoms with Gasteiger partial charge in [-0.1, -0.05) is 30.3 Å². The van der Waals surface area contributed by atoms with Gasteiger partial charge in [-0.2, -0.15) is 15.2 Å². The number of rotatable bonds is 5. The van der Waals surface area contributed by atoms with E-state index in [0.717, 1.165) is 17.7 Å². The number of ether oxygens (including phenoxy) is 1. The number of benzene rings is 1. The van der Waals surface area contributed by atoms with Crippen LogP contribution >= 0.6 is 0 Å². The molecule has 1 aromatic carbocycles. The molecule has 2 aromatic heterocycles. The van der Waals surface area contributed by atoms with Crippen LogP contribution in [-0.2, 0) is 22.7 Å². The highest BCUT2D eigenvalue weighted by molar-refractivity contribution is 5.92. The van der Waals surface area contributed by atoms with Crippen LogP contribution in [0.2, 0.25) is 0 Å². The van der Waals surface area contributed by atoms with Crippen LogP contribution in [0.4, 0.5) is 5.95 Å². The fourth-order valence-corrected chi connectivity index (χ4v) is 3.16. The van der Waals surface area contributed by atoms with Crippen LogP contribution in [0.5, 0.6) is 0 Å². The summed E-state index contributed by atoms with van der Waals surface area (Å²) in [7, 11) is 0. The normalized spacial score (nSPS) is 16.0. The van der Waals surface area contributed by atoms with Gasteiger partial charge in [0.15, 0.2) is 0 Å². The summed E-state index contributed by atoms with van der Waals surface area (Å²) >= 11 is 0. The molecule has 0 saturated carbocycles. The molecular weight excluding hydrogens is 344 g/mol. The van der Waals surface area contributed by atoms with Gasteiger partial charge >= 0.3 is 5.97 Å². The number of allylic oxidation sites excluding steroid dienone is 1. The van der Waals surface area contributed by atoms with Crippen LogP contribution in [0.3, 0.4) is 0 Å². The Bertz CT molecular complexity index is 989. The van der Waals surface area contributed by atoms with Crippen LogP contribution in [0, 0.1) is 0 Å². The number of anilines is 1. The first-order valence-electron chi connectivity index (χ1n) is 8.78. The first-order valence-corrected chi connectivity index (χ1v) is 8.78. The Balaban J connectivity index is 1.66. The number of esters is 1. The predicted molar refractivity (Wildman–Crippen MR) is 98.6 cm³/mol. The van der Waals surface area contributed by atoms with Crippen molar-refractivity contribution in [3.05, 3.63) is 71.4 Å². The molecule has 0 radical (unpaired) electrons. The topological polar surface area (TPSA) is 86.9 Å². The van der Waals surface area contributed by atoms with E-state index in [0.29, 0.717) is 17.2 Å². The first-order chi connectivity index (χ1) is 13.2. The summed E-state index contributed by atoms with van der Waals surface area (Å²) in [5, 5.41) is 11.8. The van der Waals surface area contributed by atoms with Gasteiger partial charge in [-0.05, 0) is 19.4 Å². The van der Waals surface area contributed by atoms with Crippen molar-refractivity contribution in [2.45, 2.75) is 33.0 Å². The van der Waals surface area contributed by atoms with Crippen molar-refractivity contribution in [3.8, 4) is 0 Å². The van der Waals surface area contributed by atoms with E-state index in [-0.39, 0.29) is 12.6 Å². The van der Waals surface area contributed by atoms with Crippen molar-refractivity contribution in [1.29, 1.82) is 0 Å². The molecule has 3 aromatic rings. The fourth-order valence-electron chi connectivity index (χ4n) is 3.16. The first kappa shape index (κ1) is 17.0. The maximum absolute atomic E-state index is 13.0. The molecular formula is C19H20N6O2. The minimum Gasteiger partial charge on any atom is -0.457 e. The molecule has 8 heteroatoms. The van der Waals surface area contributed by atoms with Crippen LogP contribution in [0.25, 0.3) is 0 Å². The monoisotopic (exact) mass is 364 g/mol. The third kappa shape index (κ3) is 3.21. The van der Waals surface area contributed by atoms with Crippen LogP contribution < -0.4 is 5.32 Å². The Labute approximate surface area is 156 Å². The van der Waals surface area contributed by atoms with E-state index in [1.807, 2.05) is 55.1 Å². The summed E-state index contributed by atoms with van der Waals surface area (Å²) in [6, 6.07) is 9.17. The van der Waals surface area contributed by atoms with E-state index in [9.17, 15) is 4.79 Å². The summed E-state index contributed by atoms with van der Waals surface area (Å²) in [6.07, 6.45) is 5.13. The lowest BCUT2D eigenvalue weighted by Gasteiger charge is -2.27. The SMILES string of the molecule is CCn1cc(C2C(C(=O)OCc3ccccc3)=C(C)Nc3ncnn32)cn1. The number of nitrogens with one attached hydrogen (secondary N) is 1. The van der Waals surface area contributed by atoms with Gasteiger partial charge < -0.3 is 10.1 Å². The van der Waals surface area contributed by atoms with Crippen molar-refractivity contribution in [1.82, 2.24) is 24.5 Å². The van der Waals surface area contributed by atoms with Gasteiger partial charge in [-0.25, -0.2) is 9.48 Å². The molecule has 1 N–H and O–H groups in total. The largest absolute Gasteiger partial charge is 0.457 e. The molecule has 1 aliphatic rings. The average Bonchev–Trinajstić information content (AvgIpc) is 3.35. The zero-order valence-electron chi connectivity index (χ0n) is 15.2. The molecule has 3 heterocycles. The van der Waals surface area contributed by atoms with E-state index in [1.165, 1.54) is 6.33 Å². The van der Waals surface area contributed by atoms with Gasteiger partial charge in [-0.3, -0.25) is 4.68 Å². The second-order valence-corrected chi connectivity index (χ2v) is 6.29. The van der Waals surface area contributed by atoms with E-state index in [2.05, 4.69) is 20.5 Å². The molecule has 0 bridgehead atoms. The number of fused-ring (bicyclic) bond motifs is 1. The van der Waals surface area contributed by atoms with Gasteiger partial charge in [0.1, 0.15) is 19.0 Å². The van der Waals surface area contributed by atoms with E-state index >= 15 is 0 Å². The fraction of sp³-hybridized carbons (Fsp3) is 0.263. The Hall–Kier alpha value is -3.42. The summed E-state index contributed by atoms with van der Waals surface area (Å²) in [6.45, 7) is 4.80. The predicted octanol–water partition coefficient (Wildman–Crippen LogP) is 2.53. The summed E-state index contributed by atoms with van der Waals surface area (Å²) in [5.74, 6) is 0.195. The number of hydrogen-bond donors (Lipinski definition) is 1. The molecule has 0 saturated heterocycles. The molecule has 0 fully saturated rings. The number of hydrogen-bond acceptors (Lipinski definition) is 6. The smallest absolute Gasteiger partial charge is 0.338 e. The molecule has 138 valence electrons. The van der Waals surface area contributed by atoms with Crippen LogP contribution in [0.15, 0.2) is 60.3 Å². The Morgan fingerprint density at radius 1 is 1.26 bits per heavy atom. The highest BCUT2D eigenvalue weighted by Gasteiger charge is 2.35. The lowest BCUT2D eigenvalue weighted by molar-refractivity contribution is -0.140. The Morgan fingerprint density at radius 2 is 2.07 bits per heavy atom. The van der Waals surface area contributed by atoms with Crippen LogP contribution in [0.1, 0.15) is 31.0 Å². The highest BCUT2D eigenvalue weighted by atomic mass is 16.5. The molecule has 0 spiro atoms. The molecule has 1 atom stereocenters. The molecule has 27 heavy (non-hydrogen) atoms. The van der Waals surface area contributed by atoms with E-state index in [1.54, 1.807) is 10.9 Å². The number of carbonyl (C=O) groups is 1. The van der Waals surface area contributed by atoms with Crippen molar-refractivity contribution >= 4 is 11.9 Å². The lowest BCUT2D eigenvalue weighted by Crippen LogP contribution is -2.29. The Morgan fingerprint density at radius 3 is 2.81 bits per heavy atom. The second-order valence-electron chi connectivity index (χ2n) is 6.29. The van der Waals surface area contributed by atoms with Crippen molar-refractivity contribution in [2.24, 2.45) is 0 Å². The van der Waals surface area contributed by atoms with Crippen molar-refractivity contribution in [2.75, 3.05) is 5.32 Å². The zero-order valence-corrected chi connectivity index (χ0v) is 15.2. The van der Waals surface area contributed by atoms with Gasteiger partial charge in [0.05, 0.1) is 11.8 Å². The third-order valence-electron chi connectivity index (χ3n) is 4.52. The van der Waals surface area contributed by atoms with Crippen molar-refractivity contribution < 1.29 is 9.53 Å². The Kier molecular flexibility index (Phi) is 4.45. The van der Waals surface area contributed by atoms with Crippen molar-refractivity contribution in [3.63, 3.8) is 0 Å². The van der Waals surface area contributed by atoms with E-state index < -0.39 is 6.04 Å². The zero-order chi connectivity index (χ0) is 18.8. The number of aryl methyl sites for hydroxylation is 1. The summed E-state index contributed by atoms with van der Waals surface area (Å²) < 4.78 is 9.09. The molecule has 0 aliphatic carbocycles. The summed E-state index contributed by atoms with van der Waals surface area (Å²) in [5.41, 5.74) is 2.99. The van der Waals surface area contributed by atoms with Gasteiger partial charge in [-0.15, -0.1) is 0 Å². The average molecular weight is 364 g/mol. The van der Waals surface area contributed by atoms with Gasteiger partial charge in [0.25, 0.3) is 0 Å². The second kappa shape index (κ2) is 7.06. The molecule has 8 nitrogen and oxygen atoms in total. The van der Waals surface area contributed by atoms with Gasteiger partial charge in [0.2, 0.25) is 5.95 Å². The van der Waals surface area contributed by atoms with Crippen LogP contribution in [-0.4, -0.2) is 30.5 Å².